The molecule has 1 amide bonds. The normalized spacial score (nSPS) is 17.4. The van der Waals surface area contributed by atoms with Crippen molar-refractivity contribution in [2.24, 2.45) is 5.92 Å². The minimum Gasteiger partial charge on any atom is -0.338 e. The maximum absolute atomic E-state index is 13.8. The average molecular weight is 318 g/mol. The molecule has 2 rings (SSSR count). The van der Waals surface area contributed by atoms with E-state index in [0.29, 0.717) is 19.0 Å². The molecule has 21 heavy (non-hydrogen) atoms. The van der Waals surface area contributed by atoms with E-state index in [1.54, 1.807) is 4.90 Å². The summed E-state index contributed by atoms with van der Waals surface area (Å²) < 4.78 is 13.8. The summed E-state index contributed by atoms with van der Waals surface area (Å²) >= 11 is 0. The average Bonchev–Trinajstić information content (AvgIpc) is 2.87. The van der Waals surface area contributed by atoms with Gasteiger partial charge in [-0.25, -0.2) is 4.39 Å². The first kappa shape index (κ1) is 17.3. The fraction of sp³-hybridized carbons (Fsp3) is 0.462. The minimum atomic E-state index is -0.846. The van der Waals surface area contributed by atoms with Crippen molar-refractivity contribution in [3.05, 3.63) is 39.7 Å². The number of carbonyl (C=O) groups excluding carboxylic acids is 1. The van der Waals surface area contributed by atoms with Crippen LogP contribution < -0.4 is 5.32 Å². The van der Waals surface area contributed by atoms with Gasteiger partial charge >= 0.3 is 0 Å². The summed E-state index contributed by atoms with van der Waals surface area (Å²) in [5.74, 6) is -0.887. The molecule has 1 aliphatic heterocycles. The van der Waals surface area contributed by atoms with Crippen LogP contribution >= 0.6 is 12.4 Å². The summed E-state index contributed by atoms with van der Waals surface area (Å²) in [6.07, 6.45) is 0.876. The van der Waals surface area contributed by atoms with Gasteiger partial charge in [-0.3, -0.25) is 14.9 Å². The molecule has 1 aliphatic rings. The lowest BCUT2D eigenvalue weighted by Gasteiger charge is -2.16. The number of nitrogens with zero attached hydrogens (tertiary/aromatic N) is 2. The third kappa shape index (κ3) is 3.89. The van der Waals surface area contributed by atoms with Gasteiger partial charge in [0, 0.05) is 19.2 Å². The number of hydrogen-bond donors (Lipinski definition) is 1. The fourth-order valence-electron chi connectivity index (χ4n) is 2.43. The molecule has 1 unspecified atom stereocenters. The Balaban J connectivity index is 0.00000220. The predicted octanol–water partition coefficient (Wildman–Crippen LogP) is 1.84. The van der Waals surface area contributed by atoms with Gasteiger partial charge in [0.25, 0.3) is 11.6 Å². The molecule has 1 fully saturated rings. The SMILES string of the molecule is CNCC1CCN(C(=O)c2ccc([N+](=O)[O-])cc2F)C1.Cl. The molecule has 116 valence electrons. The lowest BCUT2D eigenvalue weighted by Crippen LogP contribution is -2.30. The molecule has 0 radical (unpaired) electrons. The van der Waals surface area contributed by atoms with Crippen LogP contribution in [0.3, 0.4) is 0 Å². The van der Waals surface area contributed by atoms with Crippen molar-refractivity contribution in [3.8, 4) is 0 Å². The van der Waals surface area contributed by atoms with Crippen molar-refractivity contribution in [2.75, 3.05) is 26.7 Å². The van der Waals surface area contributed by atoms with Gasteiger partial charge in [0.05, 0.1) is 16.6 Å². The maximum atomic E-state index is 13.8. The Bertz CT molecular complexity index is 541. The zero-order valence-corrected chi connectivity index (χ0v) is 12.4. The summed E-state index contributed by atoms with van der Waals surface area (Å²) in [4.78, 5) is 23.6. The maximum Gasteiger partial charge on any atom is 0.272 e. The van der Waals surface area contributed by atoms with Crippen LogP contribution in [0.2, 0.25) is 0 Å². The Labute approximate surface area is 127 Å². The standard InChI is InChI=1S/C13H16FN3O3.ClH/c1-15-7-9-4-5-16(8-9)13(18)11-3-2-10(17(19)20)6-12(11)14;/h2-3,6,9,15H,4-5,7-8H2,1H3;1H. The quantitative estimate of drug-likeness (QED) is 0.679. The number of hydrogen-bond acceptors (Lipinski definition) is 4. The molecule has 0 saturated carbocycles. The van der Waals surface area contributed by atoms with E-state index in [1.807, 2.05) is 7.05 Å². The molecule has 1 N–H and O–H groups in total. The van der Waals surface area contributed by atoms with Crippen molar-refractivity contribution >= 4 is 24.0 Å². The summed E-state index contributed by atoms with van der Waals surface area (Å²) in [6, 6.07) is 3.12. The number of halogens is 2. The van der Waals surface area contributed by atoms with Crippen LogP contribution in [0.1, 0.15) is 16.8 Å². The van der Waals surface area contributed by atoms with E-state index in [1.165, 1.54) is 6.07 Å². The molecule has 1 atom stereocenters. The first-order valence-electron chi connectivity index (χ1n) is 6.40. The van der Waals surface area contributed by atoms with Gasteiger partial charge in [-0.1, -0.05) is 0 Å². The lowest BCUT2D eigenvalue weighted by molar-refractivity contribution is -0.385. The van der Waals surface area contributed by atoms with E-state index < -0.39 is 16.6 Å². The number of non-ortho nitro benzene ring substituents is 1. The van der Waals surface area contributed by atoms with Crippen molar-refractivity contribution in [3.63, 3.8) is 0 Å². The van der Waals surface area contributed by atoms with Gasteiger partial charge in [-0.15, -0.1) is 12.4 Å². The Hall–Kier alpha value is -1.73. The monoisotopic (exact) mass is 317 g/mol. The van der Waals surface area contributed by atoms with Crippen LogP contribution in [0.25, 0.3) is 0 Å². The van der Waals surface area contributed by atoms with Crippen LogP contribution in [0, 0.1) is 21.8 Å². The Morgan fingerprint density at radius 1 is 1.57 bits per heavy atom. The van der Waals surface area contributed by atoms with Gasteiger partial charge in [0.2, 0.25) is 0 Å². The Kier molecular flexibility index (Phi) is 6.04. The van der Waals surface area contributed by atoms with Gasteiger partial charge in [-0.05, 0) is 32.0 Å². The molecule has 1 saturated heterocycles. The van der Waals surface area contributed by atoms with E-state index in [9.17, 15) is 19.3 Å². The second-order valence-corrected chi connectivity index (χ2v) is 4.88. The molecule has 0 aliphatic carbocycles. The molecule has 8 heteroatoms. The third-order valence-corrected chi connectivity index (χ3v) is 3.46. The summed E-state index contributed by atoms with van der Waals surface area (Å²) in [5.41, 5.74) is -0.464. The molecule has 1 aromatic rings. The van der Waals surface area contributed by atoms with E-state index in [-0.39, 0.29) is 23.7 Å². The Morgan fingerprint density at radius 2 is 2.29 bits per heavy atom. The van der Waals surface area contributed by atoms with E-state index in [0.717, 1.165) is 25.1 Å². The third-order valence-electron chi connectivity index (χ3n) is 3.46. The van der Waals surface area contributed by atoms with Crippen molar-refractivity contribution in [1.82, 2.24) is 10.2 Å². The highest BCUT2D eigenvalue weighted by Crippen LogP contribution is 2.22. The second-order valence-electron chi connectivity index (χ2n) is 4.88. The van der Waals surface area contributed by atoms with Gasteiger partial charge in [0.1, 0.15) is 5.82 Å². The number of amides is 1. The molecule has 1 aromatic carbocycles. The molecule has 6 nitrogen and oxygen atoms in total. The zero-order chi connectivity index (χ0) is 14.7. The second kappa shape index (κ2) is 7.33. The molecular formula is C13H17ClFN3O3. The molecular weight excluding hydrogens is 301 g/mol. The summed E-state index contributed by atoms with van der Waals surface area (Å²) in [6.45, 7) is 1.98. The number of carbonyl (C=O) groups is 1. The van der Waals surface area contributed by atoms with Crippen molar-refractivity contribution in [1.29, 1.82) is 0 Å². The number of nitro benzene ring substituents is 1. The number of nitrogens with one attached hydrogen (secondary N) is 1. The van der Waals surface area contributed by atoms with Gasteiger partial charge < -0.3 is 10.2 Å². The van der Waals surface area contributed by atoms with Gasteiger partial charge in [-0.2, -0.15) is 0 Å². The molecule has 0 bridgehead atoms. The molecule has 0 aromatic heterocycles. The first-order valence-corrected chi connectivity index (χ1v) is 6.40. The van der Waals surface area contributed by atoms with Crippen LogP contribution in [0.15, 0.2) is 18.2 Å². The smallest absolute Gasteiger partial charge is 0.272 e. The van der Waals surface area contributed by atoms with Crippen molar-refractivity contribution in [2.45, 2.75) is 6.42 Å². The van der Waals surface area contributed by atoms with E-state index in [4.69, 9.17) is 0 Å². The van der Waals surface area contributed by atoms with Crippen LogP contribution in [0.5, 0.6) is 0 Å². The highest BCUT2D eigenvalue weighted by molar-refractivity contribution is 5.94. The fourth-order valence-corrected chi connectivity index (χ4v) is 2.43. The van der Waals surface area contributed by atoms with Crippen LogP contribution in [-0.4, -0.2) is 42.4 Å². The first-order chi connectivity index (χ1) is 9.52. The highest BCUT2D eigenvalue weighted by Gasteiger charge is 2.28. The summed E-state index contributed by atoms with van der Waals surface area (Å²) in [7, 11) is 1.85. The molecule has 1 heterocycles. The van der Waals surface area contributed by atoms with Crippen molar-refractivity contribution < 1.29 is 14.1 Å². The number of benzene rings is 1. The van der Waals surface area contributed by atoms with Crippen LogP contribution in [0.4, 0.5) is 10.1 Å². The zero-order valence-electron chi connectivity index (χ0n) is 11.5. The molecule has 0 spiro atoms. The number of nitro groups is 1. The van der Waals surface area contributed by atoms with E-state index >= 15 is 0 Å². The lowest BCUT2D eigenvalue weighted by atomic mass is 10.1. The topological polar surface area (TPSA) is 75.5 Å². The largest absolute Gasteiger partial charge is 0.338 e. The van der Waals surface area contributed by atoms with Crippen LogP contribution in [-0.2, 0) is 0 Å². The number of rotatable bonds is 4. The summed E-state index contributed by atoms with van der Waals surface area (Å²) in [5, 5.41) is 13.6. The number of likely N-dealkylation sites (tertiary alicyclic amines) is 1. The Morgan fingerprint density at radius 3 is 2.86 bits per heavy atom. The highest BCUT2D eigenvalue weighted by atomic mass is 35.5. The van der Waals surface area contributed by atoms with E-state index in [2.05, 4.69) is 5.32 Å². The predicted molar refractivity (Wildman–Crippen MR) is 78.2 cm³/mol. The minimum absolute atomic E-state index is 0. The van der Waals surface area contributed by atoms with Gasteiger partial charge in [0.15, 0.2) is 0 Å².